The van der Waals surface area contributed by atoms with Crippen LogP contribution in [0.15, 0.2) is 0 Å². The third kappa shape index (κ3) is 3.43. The van der Waals surface area contributed by atoms with Crippen LogP contribution in [0.3, 0.4) is 0 Å². The molecular weight excluding hydrogens is 234 g/mol. The summed E-state index contributed by atoms with van der Waals surface area (Å²) in [6, 6.07) is 0. The van der Waals surface area contributed by atoms with Crippen molar-refractivity contribution in [1.82, 2.24) is 0 Å². The molecule has 0 spiro atoms. The number of nitro groups is 1. The van der Waals surface area contributed by atoms with Crippen LogP contribution < -0.4 is 0 Å². The van der Waals surface area contributed by atoms with E-state index in [1.807, 2.05) is 0 Å². The van der Waals surface area contributed by atoms with Crippen LogP contribution in [0.25, 0.3) is 0 Å². The smallest absolute Gasteiger partial charge is 0.306 e. The maximum Gasteiger partial charge on any atom is 0.306 e. The summed E-state index contributed by atoms with van der Waals surface area (Å²) in [6.07, 6.45) is 3.78. The number of hydrogen-bond donors (Lipinski definition) is 0. The van der Waals surface area contributed by atoms with E-state index >= 15 is 0 Å². The van der Waals surface area contributed by atoms with Gasteiger partial charge in [-0.25, -0.2) is 0 Å². The molecule has 0 amide bonds. The monoisotopic (exact) mass is 257 g/mol. The van der Waals surface area contributed by atoms with E-state index in [1.165, 1.54) is 7.11 Å². The highest BCUT2D eigenvalue weighted by Crippen LogP contribution is 2.50. The molecular formula is C13H23NO4. The molecule has 1 aliphatic rings. The SMILES string of the molecule is CC[C@H]1CC(CC(=O)OC)(C[N+](=O)[O-])C[C@@H]1CC. The summed E-state index contributed by atoms with van der Waals surface area (Å²) in [5, 5.41) is 10.9. The van der Waals surface area contributed by atoms with Crippen LogP contribution >= 0.6 is 0 Å². The standard InChI is InChI=1S/C13H23NO4/c1-4-10-6-13(9-14(16)17,7-11(10)5-2)8-12(15)18-3/h10-11H,4-9H2,1-3H3/t10-,11-/m0/s1. The van der Waals surface area contributed by atoms with Crippen LogP contribution in [0, 0.1) is 27.4 Å². The fourth-order valence-electron chi connectivity index (χ4n) is 3.47. The van der Waals surface area contributed by atoms with Crippen molar-refractivity contribution in [2.24, 2.45) is 17.3 Å². The van der Waals surface area contributed by atoms with Gasteiger partial charge in [0.2, 0.25) is 6.54 Å². The van der Waals surface area contributed by atoms with E-state index < -0.39 is 5.41 Å². The first-order valence-electron chi connectivity index (χ1n) is 6.65. The molecule has 18 heavy (non-hydrogen) atoms. The number of ether oxygens (including phenoxy) is 1. The molecule has 0 aromatic rings. The summed E-state index contributed by atoms with van der Waals surface area (Å²) in [6.45, 7) is 4.12. The molecule has 0 unspecified atom stereocenters. The molecule has 1 saturated carbocycles. The molecule has 1 aliphatic carbocycles. The first-order chi connectivity index (χ1) is 8.46. The second kappa shape index (κ2) is 6.16. The Labute approximate surface area is 108 Å². The average molecular weight is 257 g/mol. The van der Waals surface area contributed by atoms with Crippen molar-refractivity contribution in [3.05, 3.63) is 10.1 Å². The number of methoxy groups -OCH3 is 1. The summed E-state index contributed by atoms with van der Waals surface area (Å²) in [5.41, 5.74) is -0.488. The predicted molar refractivity (Wildman–Crippen MR) is 67.7 cm³/mol. The number of carbonyl (C=O) groups is 1. The number of carbonyl (C=O) groups excluding carboxylic acids is 1. The lowest BCUT2D eigenvalue weighted by molar-refractivity contribution is -0.497. The Hall–Kier alpha value is -1.13. The van der Waals surface area contributed by atoms with E-state index in [4.69, 9.17) is 4.74 Å². The van der Waals surface area contributed by atoms with Crippen molar-refractivity contribution >= 4 is 5.97 Å². The molecule has 0 heterocycles. The molecule has 2 atom stereocenters. The number of rotatable bonds is 6. The van der Waals surface area contributed by atoms with Crippen molar-refractivity contribution in [2.45, 2.75) is 46.0 Å². The summed E-state index contributed by atoms with van der Waals surface area (Å²) < 4.78 is 4.69. The molecule has 0 bridgehead atoms. The van der Waals surface area contributed by atoms with Crippen LogP contribution in [0.4, 0.5) is 0 Å². The van der Waals surface area contributed by atoms with Gasteiger partial charge in [0.1, 0.15) is 0 Å². The third-order valence-corrected chi connectivity index (χ3v) is 4.32. The van der Waals surface area contributed by atoms with Crippen LogP contribution in [-0.2, 0) is 9.53 Å². The van der Waals surface area contributed by atoms with Crippen LogP contribution in [-0.4, -0.2) is 24.5 Å². The average Bonchev–Trinajstić information content (AvgIpc) is 2.65. The second-order valence-corrected chi connectivity index (χ2v) is 5.49. The molecule has 0 aromatic heterocycles. The van der Waals surface area contributed by atoms with Crippen LogP contribution in [0.5, 0.6) is 0 Å². The lowest BCUT2D eigenvalue weighted by atomic mass is 9.81. The van der Waals surface area contributed by atoms with Gasteiger partial charge in [0.05, 0.1) is 13.5 Å². The van der Waals surface area contributed by atoms with Crippen molar-refractivity contribution in [2.75, 3.05) is 13.7 Å². The molecule has 1 rings (SSSR count). The van der Waals surface area contributed by atoms with E-state index in [9.17, 15) is 14.9 Å². The zero-order chi connectivity index (χ0) is 13.8. The Kier molecular flexibility index (Phi) is 5.11. The molecule has 0 aromatic carbocycles. The van der Waals surface area contributed by atoms with Gasteiger partial charge in [-0.05, 0) is 24.7 Å². The second-order valence-electron chi connectivity index (χ2n) is 5.49. The van der Waals surface area contributed by atoms with Gasteiger partial charge in [0, 0.05) is 10.3 Å². The summed E-state index contributed by atoms with van der Waals surface area (Å²) in [4.78, 5) is 22.1. The van der Waals surface area contributed by atoms with E-state index in [1.54, 1.807) is 0 Å². The van der Waals surface area contributed by atoms with Gasteiger partial charge >= 0.3 is 5.97 Å². The Morgan fingerprint density at radius 3 is 2.17 bits per heavy atom. The molecule has 1 fully saturated rings. The van der Waals surface area contributed by atoms with Gasteiger partial charge in [0.15, 0.2) is 0 Å². The lowest BCUT2D eigenvalue weighted by Crippen LogP contribution is -2.31. The molecule has 0 saturated heterocycles. The number of nitrogens with zero attached hydrogens (tertiary/aromatic N) is 1. The zero-order valence-electron chi connectivity index (χ0n) is 11.5. The quantitative estimate of drug-likeness (QED) is 0.416. The highest BCUT2D eigenvalue weighted by molar-refractivity contribution is 5.70. The Bertz CT molecular complexity index is 304. The first-order valence-corrected chi connectivity index (χ1v) is 6.65. The minimum atomic E-state index is -0.488. The van der Waals surface area contributed by atoms with E-state index in [2.05, 4.69) is 13.8 Å². The lowest BCUT2D eigenvalue weighted by Gasteiger charge is -2.23. The van der Waals surface area contributed by atoms with Crippen LogP contribution in [0.1, 0.15) is 46.0 Å². The van der Waals surface area contributed by atoms with Gasteiger partial charge in [-0.3, -0.25) is 14.9 Å². The summed E-state index contributed by atoms with van der Waals surface area (Å²) >= 11 is 0. The Balaban J connectivity index is 2.85. The fraction of sp³-hybridized carbons (Fsp3) is 0.923. The Morgan fingerprint density at radius 1 is 1.33 bits per heavy atom. The number of hydrogen-bond acceptors (Lipinski definition) is 4. The molecule has 0 radical (unpaired) electrons. The van der Waals surface area contributed by atoms with Crippen LogP contribution in [0.2, 0.25) is 0 Å². The molecule has 104 valence electrons. The fourth-order valence-corrected chi connectivity index (χ4v) is 3.47. The maximum atomic E-state index is 11.5. The molecule has 0 aliphatic heterocycles. The van der Waals surface area contributed by atoms with Crippen molar-refractivity contribution in [3.63, 3.8) is 0 Å². The minimum Gasteiger partial charge on any atom is -0.469 e. The summed E-state index contributed by atoms with van der Waals surface area (Å²) in [5.74, 6) is 0.669. The predicted octanol–water partition coefficient (Wildman–Crippen LogP) is 2.66. The first kappa shape index (κ1) is 14.9. The maximum absolute atomic E-state index is 11.5. The van der Waals surface area contributed by atoms with E-state index in [-0.39, 0.29) is 23.9 Å². The van der Waals surface area contributed by atoms with Gasteiger partial charge in [-0.2, -0.15) is 0 Å². The van der Waals surface area contributed by atoms with Gasteiger partial charge in [-0.1, -0.05) is 26.7 Å². The molecule has 5 nitrogen and oxygen atoms in total. The zero-order valence-corrected chi connectivity index (χ0v) is 11.5. The van der Waals surface area contributed by atoms with Gasteiger partial charge < -0.3 is 4.74 Å². The number of esters is 1. The minimum absolute atomic E-state index is 0.116. The Morgan fingerprint density at radius 2 is 1.83 bits per heavy atom. The highest BCUT2D eigenvalue weighted by Gasteiger charge is 2.48. The van der Waals surface area contributed by atoms with Crippen molar-refractivity contribution in [1.29, 1.82) is 0 Å². The summed E-state index contributed by atoms with van der Waals surface area (Å²) in [7, 11) is 1.34. The largest absolute Gasteiger partial charge is 0.469 e. The van der Waals surface area contributed by atoms with Gasteiger partial charge in [0.25, 0.3) is 0 Å². The van der Waals surface area contributed by atoms with Gasteiger partial charge in [-0.15, -0.1) is 0 Å². The normalized spacial score (nSPS) is 25.9. The highest BCUT2D eigenvalue weighted by atomic mass is 16.6. The topological polar surface area (TPSA) is 69.4 Å². The van der Waals surface area contributed by atoms with Crippen molar-refractivity contribution in [3.8, 4) is 0 Å². The van der Waals surface area contributed by atoms with Crippen molar-refractivity contribution < 1.29 is 14.5 Å². The van der Waals surface area contributed by atoms with E-state index in [0.717, 1.165) is 25.7 Å². The molecule has 5 heteroatoms. The molecule has 0 N–H and O–H groups in total. The van der Waals surface area contributed by atoms with E-state index in [0.29, 0.717) is 11.8 Å². The third-order valence-electron chi connectivity index (χ3n) is 4.32.